The Kier molecular flexibility index (Phi) is 5.99. The molecule has 1 aromatic carbocycles. The first-order valence-electron chi connectivity index (χ1n) is 11.2. The van der Waals surface area contributed by atoms with Gasteiger partial charge in [0.25, 0.3) is 0 Å². The predicted molar refractivity (Wildman–Crippen MR) is 108 cm³/mol. The fourth-order valence-corrected chi connectivity index (χ4v) is 6.72. The van der Waals surface area contributed by atoms with E-state index in [0.29, 0.717) is 5.92 Å². The molecule has 0 spiro atoms. The molecule has 0 nitrogen and oxygen atoms in total. The minimum absolute atomic E-state index is 0.426. The van der Waals surface area contributed by atoms with Gasteiger partial charge in [-0.3, -0.25) is 0 Å². The molecule has 2 heteroatoms. The monoisotopic (exact) mass is 372 g/mol. The standard InChI is InChI=1S/C25H34F2/c1-2-3-4-5-17-6-11-22-20(14-17)7-8-21-15-18(9-12-23(21)22)19-10-13-24(26)25(27)16-19/h2-3,10,13,16-18,20-23H,4-9,11-12,14-15H2,1H3/b3-2+. The van der Waals surface area contributed by atoms with Crippen LogP contribution in [0, 0.1) is 41.2 Å². The van der Waals surface area contributed by atoms with Crippen LogP contribution in [0.2, 0.25) is 0 Å². The Balaban J connectivity index is 1.36. The van der Waals surface area contributed by atoms with E-state index in [1.54, 1.807) is 0 Å². The Hall–Kier alpha value is -1.18. The van der Waals surface area contributed by atoms with E-state index in [4.69, 9.17) is 0 Å². The van der Waals surface area contributed by atoms with Gasteiger partial charge in [-0.25, -0.2) is 8.78 Å². The van der Waals surface area contributed by atoms with E-state index in [-0.39, 0.29) is 0 Å². The largest absolute Gasteiger partial charge is 0.204 e. The summed E-state index contributed by atoms with van der Waals surface area (Å²) in [6.45, 7) is 2.12. The molecule has 0 amide bonds. The lowest BCUT2D eigenvalue weighted by molar-refractivity contribution is 0.00563. The summed E-state index contributed by atoms with van der Waals surface area (Å²) in [4.78, 5) is 0. The zero-order chi connectivity index (χ0) is 18.8. The second kappa shape index (κ2) is 8.45. The molecule has 0 N–H and O–H groups in total. The van der Waals surface area contributed by atoms with Crippen molar-refractivity contribution in [3.63, 3.8) is 0 Å². The molecule has 6 unspecified atom stereocenters. The topological polar surface area (TPSA) is 0 Å². The Morgan fingerprint density at radius 3 is 2.37 bits per heavy atom. The molecule has 3 fully saturated rings. The number of fused-ring (bicyclic) bond motifs is 3. The first-order valence-corrected chi connectivity index (χ1v) is 11.2. The van der Waals surface area contributed by atoms with Gasteiger partial charge in [0.1, 0.15) is 0 Å². The number of halogens is 2. The molecule has 0 radical (unpaired) electrons. The number of benzene rings is 1. The average Bonchev–Trinajstić information content (AvgIpc) is 2.69. The molecular weight excluding hydrogens is 338 g/mol. The molecule has 0 bridgehead atoms. The molecule has 3 aliphatic rings. The molecular formula is C25H34F2. The molecule has 4 rings (SSSR count). The van der Waals surface area contributed by atoms with Gasteiger partial charge in [0, 0.05) is 0 Å². The summed E-state index contributed by atoms with van der Waals surface area (Å²) in [6, 6.07) is 4.57. The summed E-state index contributed by atoms with van der Waals surface area (Å²) >= 11 is 0. The maximum Gasteiger partial charge on any atom is 0.159 e. The van der Waals surface area contributed by atoms with Gasteiger partial charge in [0.15, 0.2) is 11.6 Å². The molecule has 3 aliphatic carbocycles. The normalized spacial score (nSPS) is 36.4. The Labute approximate surface area is 163 Å². The first-order chi connectivity index (χ1) is 13.2. The third-order valence-corrected chi connectivity index (χ3v) is 8.04. The van der Waals surface area contributed by atoms with Crippen molar-refractivity contribution in [2.45, 2.75) is 77.0 Å². The highest BCUT2D eigenvalue weighted by Crippen LogP contribution is 2.55. The minimum atomic E-state index is -0.723. The van der Waals surface area contributed by atoms with Crippen LogP contribution in [-0.4, -0.2) is 0 Å². The number of allylic oxidation sites excluding steroid dienone is 2. The van der Waals surface area contributed by atoms with Crippen LogP contribution in [0.1, 0.15) is 82.6 Å². The highest BCUT2D eigenvalue weighted by molar-refractivity contribution is 5.22. The van der Waals surface area contributed by atoms with E-state index in [0.717, 1.165) is 41.6 Å². The van der Waals surface area contributed by atoms with Crippen LogP contribution in [0.25, 0.3) is 0 Å². The Bertz CT molecular complexity index is 664. The lowest BCUT2D eigenvalue weighted by Gasteiger charge is -2.51. The molecule has 27 heavy (non-hydrogen) atoms. The predicted octanol–water partition coefficient (Wildman–Crippen LogP) is 7.65. The van der Waals surface area contributed by atoms with E-state index in [9.17, 15) is 8.78 Å². The summed E-state index contributed by atoms with van der Waals surface area (Å²) in [5.41, 5.74) is 1.02. The van der Waals surface area contributed by atoms with Crippen molar-refractivity contribution in [3.8, 4) is 0 Å². The van der Waals surface area contributed by atoms with Crippen molar-refractivity contribution in [1.82, 2.24) is 0 Å². The quantitative estimate of drug-likeness (QED) is 0.476. The van der Waals surface area contributed by atoms with Crippen LogP contribution in [0.3, 0.4) is 0 Å². The van der Waals surface area contributed by atoms with Gasteiger partial charge >= 0.3 is 0 Å². The lowest BCUT2D eigenvalue weighted by Crippen LogP contribution is -2.41. The van der Waals surface area contributed by atoms with Crippen molar-refractivity contribution >= 4 is 0 Å². The number of rotatable bonds is 4. The van der Waals surface area contributed by atoms with Crippen molar-refractivity contribution in [3.05, 3.63) is 47.5 Å². The van der Waals surface area contributed by atoms with E-state index in [1.165, 1.54) is 69.9 Å². The SMILES string of the molecule is C/C=C/CCC1CCC2C(CCC3CC(c4ccc(F)c(F)c4)CCC32)C1. The highest BCUT2D eigenvalue weighted by atomic mass is 19.2. The fourth-order valence-electron chi connectivity index (χ4n) is 6.72. The summed E-state index contributed by atoms with van der Waals surface area (Å²) in [5.74, 6) is 3.55. The lowest BCUT2D eigenvalue weighted by atomic mass is 9.55. The van der Waals surface area contributed by atoms with E-state index < -0.39 is 11.6 Å². The van der Waals surface area contributed by atoms with E-state index >= 15 is 0 Å². The zero-order valence-corrected chi connectivity index (χ0v) is 16.7. The molecule has 0 saturated heterocycles. The molecule has 0 aromatic heterocycles. The Morgan fingerprint density at radius 1 is 0.889 bits per heavy atom. The highest BCUT2D eigenvalue weighted by Gasteiger charge is 2.44. The summed E-state index contributed by atoms with van der Waals surface area (Å²) in [6.07, 6.45) is 17.8. The van der Waals surface area contributed by atoms with Gasteiger partial charge in [0.05, 0.1) is 0 Å². The van der Waals surface area contributed by atoms with Crippen molar-refractivity contribution in [2.24, 2.45) is 29.6 Å². The van der Waals surface area contributed by atoms with Gasteiger partial charge in [-0.2, -0.15) is 0 Å². The summed E-state index contributed by atoms with van der Waals surface area (Å²) in [7, 11) is 0. The second-order valence-corrected chi connectivity index (χ2v) is 9.43. The Morgan fingerprint density at radius 2 is 1.63 bits per heavy atom. The van der Waals surface area contributed by atoms with Gasteiger partial charge < -0.3 is 0 Å². The van der Waals surface area contributed by atoms with Crippen LogP contribution in [0.15, 0.2) is 30.4 Å². The smallest absolute Gasteiger partial charge is 0.159 e. The number of hydrogen-bond donors (Lipinski definition) is 0. The third kappa shape index (κ3) is 4.15. The van der Waals surface area contributed by atoms with Crippen LogP contribution in [0.5, 0.6) is 0 Å². The zero-order valence-electron chi connectivity index (χ0n) is 16.7. The summed E-state index contributed by atoms with van der Waals surface area (Å²) in [5, 5.41) is 0. The second-order valence-electron chi connectivity index (χ2n) is 9.43. The van der Waals surface area contributed by atoms with Crippen LogP contribution < -0.4 is 0 Å². The van der Waals surface area contributed by atoms with E-state index in [2.05, 4.69) is 19.1 Å². The maximum absolute atomic E-state index is 13.7. The molecule has 148 valence electrons. The maximum atomic E-state index is 13.7. The van der Waals surface area contributed by atoms with Gasteiger partial charge in [-0.05, 0) is 118 Å². The van der Waals surface area contributed by atoms with Gasteiger partial charge in [0.2, 0.25) is 0 Å². The van der Waals surface area contributed by atoms with Crippen molar-refractivity contribution in [2.75, 3.05) is 0 Å². The van der Waals surface area contributed by atoms with Gasteiger partial charge in [-0.15, -0.1) is 0 Å². The molecule has 1 aromatic rings. The minimum Gasteiger partial charge on any atom is -0.204 e. The van der Waals surface area contributed by atoms with Crippen molar-refractivity contribution in [1.29, 1.82) is 0 Å². The first kappa shape index (κ1) is 19.2. The molecule has 0 aliphatic heterocycles. The van der Waals surface area contributed by atoms with Crippen LogP contribution >= 0.6 is 0 Å². The molecule has 6 atom stereocenters. The third-order valence-electron chi connectivity index (χ3n) is 8.04. The van der Waals surface area contributed by atoms with Crippen LogP contribution in [-0.2, 0) is 0 Å². The molecule has 0 heterocycles. The van der Waals surface area contributed by atoms with E-state index in [1.807, 2.05) is 6.07 Å². The molecule has 3 saturated carbocycles. The van der Waals surface area contributed by atoms with Crippen molar-refractivity contribution < 1.29 is 8.78 Å². The van der Waals surface area contributed by atoms with Crippen LogP contribution in [0.4, 0.5) is 8.78 Å². The van der Waals surface area contributed by atoms with Gasteiger partial charge in [-0.1, -0.05) is 24.6 Å². The number of hydrogen-bond acceptors (Lipinski definition) is 0. The fraction of sp³-hybridized carbons (Fsp3) is 0.680. The average molecular weight is 373 g/mol. The summed E-state index contributed by atoms with van der Waals surface area (Å²) < 4.78 is 26.9.